The Bertz CT molecular complexity index is 1190. The van der Waals surface area contributed by atoms with E-state index in [1.54, 1.807) is 4.90 Å². The van der Waals surface area contributed by atoms with Gasteiger partial charge in [-0.15, -0.1) is 0 Å². The van der Waals surface area contributed by atoms with Crippen LogP contribution in [0.5, 0.6) is 0 Å². The molecule has 1 aliphatic heterocycles. The highest BCUT2D eigenvalue weighted by Crippen LogP contribution is 2.38. The van der Waals surface area contributed by atoms with E-state index >= 15 is 0 Å². The number of amides is 1. The third-order valence-electron chi connectivity index (χ3n) is 5.80. The van der Waals surface area contributed by atoms with Crippen LogP contribution < -0.4 is 5.43 Å². The third kappa shape index (κ3) is 3.90. The van der Waals surface area contributed by atoms with Crippen LogP contribution in [0.4, 0.5) is 0 Å². The molecule has 1 aliphatic rings. The summed E-state index contributed by atoms with van der Waals surface area (Å²) in [6.07, 6.45) is 0.825. The van der Waals surface area contributed by atoms with Crippen LogP contribution in [0, 0.1) is 20.8 Å². The maximum Gasteiger partial charge on any atom is 0.290 e. The standard InChI is InChI=1S/C26H29NO4/c1-15(2)30-12-6-11-27-23(19-9-7-16(3)8-10-19)22-24(28)21-18(5)13-17(4)14-20(21)31-25(22)26(27)29/h7-10,13-15,23H,6,11-12H2,1-5H3. The summed E-state index contributed by atoms with van der Waals surface area (Å²) >= 11 is 0. The molecule has 5 nitrogen and oxygen atoms in total. The van der Waals surface area contributed by atoms with E-state index in [-0.39, 0.29) is 23.2 Å². The summed E-state index contributed by atoms with van der Waals surface area (Å²) in [5, 5.41) is 0.555. The van der Waals surface area contributed by atoms with Crippen LogP contribution in [0.2, 0.25) is 0 Å². The topological polar surface area (TPSA) is 59.8 Å². The molecule has 0 saturated carbocycles. The monoisotopic (exact) mass is 419 g/mol. The number of nitrogens with zero attached hydrogens (tertiary/aromatic N) is 1. The van der Waals surface area contributed by atoms with Gasteiger partial charge in [0, 0.05) is 13.2 Å². The molecule has 4 rings (SSSR count). The Morgan fingerprint density at radius 3 is 2.42 bits per heavy atom. The highest BCUT2D eigenvalue weighted by molar-refractivity contribution is 5.99. The summed E-state index contributed by atoms with van der Waals surface area (Å²) in [6, 6.07) is 11.4. The van der Waals surface area contributed by atoms with Gasteiger partial charge in [0.15, 0.2) is 5.43 Å². The predicted molar refractivity (Wildman–Crippen MR) is 122 cm³/mol. The zero-order valence-corrected chi connectivity index (χ0v) is 18.8. The first kappa shape index (κ1) is 21.3. The van der Waals surface area contributed by atoms with E-state index in [1.807, 2.05) is 71.0 Å². The normalized spacial score (nSPS) is 15.9. The summed E-state index contributed by atoms with van der Waals surface area (Å²) in [6.45, 7) is 10.9. The number of aryl methyl sites for hydroxylation is 3. The SMILES string of the molecule is Cc1ccc(C2c3c(oc4cc(C)cc(C)c4c3=O)C(=O)N2CCCOC(C)C)cc1. The molecule has 0 saturated heterocycles. The smallest absolute Gasteiger partial charge is 0.290 e. The third-order valence-corrected chi connectivity index (χ3v) is 5.80. The molecule has 31 heavy (non-hydrogen) atoms. The fraction of sp³-hybridized carbons (Fsp3) is 0.385. The van der Waals surface area contributed by atoms with E-state index < -0.39 is 6.04 Å². The Balaban J connectivity index is 1.85. The molecule has 1 aromatic heterocycles. The Labute approximate surface area is 182 Å². The van der Waals surface area contributed by atoms with E-state index in [1.165, 1.54) is 0 Å². The molecule has 0 radical (unpaired) electrons. The van der Waals surface area contributed by atoms with Gasteiger partial charge in [-0.25, -0.2) is 0 Å². The van der Waals surface area contributed by atoms with Gasteiger partial charge in [-0.2, -0.15) is 0 Å². The van der Waals surface area contributed by atoms with Gasteiger partial charge >= 0.3 is 0 Å². The first-order chi connectivity index (χ1) is 14.8. The summed E-state index contributed by atoms with van der Waals surface area (Å²) in [4.78, 5) is 28.8. The number of rotatable bonds is 6. The van der Waals surface area contributed by atoms with E-state index in [4.69, 9.17) is 9.15 Å². The molecule has 2 aromatic carbocycles. The second-order valence-electron chi connectivity index (χ2n) is 8.71. The van der Waals surface area contributed by atoms with Crippen molar-refractivity contribution in [3.63, 3.8) is 0 Å². The highest BCUT2D eigenvalue weighted by atomic mass is 16.5. The number of benzene rings is 2. The van der Waals surface area contributed by atoms with Gasteiger partial charge < -0.3 is 14.1 Å². The van der Waals surface area contributed by atoms with Gasteiger partial charge in [0.25, 0.3) is 5.91 Å². The molecule has 5 heteroatoms. The second-order valence-corrected chi connectivity index (χ2v) is 8.71. The molecular weight excluding hydrogens is 390 g/mol. The number of hydrogen-bond acceptors (Lipinski definition) is 4. The van der Waals surface area contributed by atoms with Crippen molar-refractivity contribution in [2.24, 2.45) is 0 Å². The summed E-state index contributed by atoms with van der Waals surface area (Å²) < 4.78 is 11.7. The van der Waals surface area contributed by atoms with Crippen LogP contribution >= 0.6 is 0 Å². The van der Waals surface area contributed by atoms with Crippen molar-refractivity contribution >= 4 is 16.9 Å². The van der Waals surface area contributed by atoms with Crippen molar-refractivity contribution in [3.05, 3.63) is 80.2 Å². The molecule has 1 amide bonds. The van der Waals surface area contributed by atoms with Crippen LogP contribution in [0.3, 0.4) is 0 Å². The van der Waals surface area contributed by atoms with Crippen LogP contribution in [0.15, 0.2) is 45.6 Å². The van der Waals surface area contributed by atoms with Gasteiger partial charge in [0.2, 0.25) is 5.76 Å². The molecule has 0 bridgehead atoms. The first-order valence-electron chi connectivity index (χ1n) is 10.8. The molecule has 0 spiro atoms. The lowest BCUT2D eigenvalue weighted by molar-refractivity contribution is 0.0593. The molecular formula is C26H29NO4. The largest absolute Gasteiger partial charge is 0.450 e. The summed E-state index contributed by atoms with van der Waals surface area (Å²) in [5.74, 6) is -0.0684. The Morgan fingerprint density at radius 2 is 1.74 bits per heavy atom. The summed E-state index contributed by atoms with van der Waals surface area (Å²) in [5.41, 5.74) is 4.71. The van der Waals surface area contributed by atoms with Gasteiger partial charge in [0.05, 0.1) is 23.1 Å². The molecule has 0 aliphatic carbocycles. The fourth-order valence-corrected chi connectivity index (χ4v) is 4.39. The number of ether oxygens (including phenoxy) is 1. The molecule has 3 aromatic rings. The van der Waals surface area contributed by atoms with E-state index in [0.29, 0.717) is 36.1 Å². The molecule has 162 valence electrons. The van der Waals surface area contributed by atoms with E-state index in [9.17, 15) is 9.59 Å². The zero-order chi connectivity index (χ0) is 22.3. The average Bonchev–Trinajstić information content (AvgIpc) is 2.97. The van der Waals surface area contributed by atoms with E-state index in [2.05, 4.69) is 0 Å². The molecule has 1 unspecified atom stereocenters. The lowest BCUT2D eigenvalue weighted by Crippen LogP contribution is -2.31. The minimum atomic E-state index is -0.455. The Morgan fingerprint density at radius 1 is 1.03 bits per heavy atom. The Kier molecular flexibility index (Phi) is 5.71. The van der Waals surface area contributed by atoms with Gasteiger partial charge in [-0.3, -0.25) is 9.59 Å². The maximum atomic E-state index is 13.6. The molecule has 1 atom stereocenters. The molecule has 0 N–H and O–H groups in total. The second kappa shape index (κ2) is 8.31. The van der Waals surface area contributed by atoms with E-state index in [0.717, 1.165) is 22.3 Å². The zero-order valence-electron chi connectivity index (χ0n) is 18.8. The van der Waals surface area contributed by atoms with Crippen molar-refractivity contribution in [3.8, 4) is 0 Å². The van der Waals surface area contributed by atoms with Gasteiger partial charge in [0.1, 0.15) is 5.58 Å². The minimum absolute atomic E-state index is 0.117. The van der Waals surface area contributed by atoms with Crippen LogP contribution in [0.25, 0.3) is 11.0 Å². The first-order valence-corrected chi connectivity index (χ1v) is 10.8. The van der Waals surface area contributed by atoms with Crippen molar-refractivity contribution < 1.29 is 13.9 Å². The van der Waals surface area contributed by atoms with Crippen molar-refractivity contribution in [2.45, 2.75) is 53.2 Å². The lowest BCUT2D eigenvalue weighted by Gasteiger charge is -2.25. The molecule has 2 heterocycles. The Hall–Kier alpha value is -2.92. The minimum Gasteiger partial charge on any atom is -0.450 e. The average molecular weight is 420 g/mol. The van der Waals surface area contributed by atoms with Crippen molar-refractivity contribution in [1.29, 1.82) is 0 Å². The summed E-state index contributed by atoms with van der Waals surface area (Å²) in [7, 11) is 0. The quantitative estimate of drug-likeness (QED) is 0.523. The van der Waals surface area contributed by atoms with Crippen molar-refractivity contribution in [1.82, 2.24) is 4.90 Å². The van der Waals surface area contributed by atoms with Crippen LogP contribution in [-0.4, -0.2) is 30.1 Å². The van der Waals surface area contributed by atoms with Gasteiger partial charge in [-0.1, -0.05) is 35.9 Å². The fourth-order valence-electron chi connectivity index (χ4n) is 4.39. The predicted octanol–water partition coefficient (Wildman–Crippen LogP) is 5.08. The van der Waals surface area contributed by atoms with Gasteiger partial charge in [-0.05, 0) is 63.8 Å². The number of fused-ring (bicyclic) bond motifs is 2. The number of hydrogen-bond donors (Lipinski definition) is 0. The van der Waals surface area contributed by atoms with Crippen LogP contribution in [0.1, 0.15) is 64.7 Å². The number of carbonyl (C=O) groups excluding carboxylic acids is 1. The molecule has 0 fully saturated rings. The van der Waals surface area contributed by atoms with Crippen LogP contribution in [-0.2, 0) is 4.74 Å². The number of carbonyl (C=O) groups is 1. The van der Waals surface area contributed by atoms with Crippen molar-refractivity contribution in [2.75, 3.05) is 13.2 Å². The lowest BCUT2D eigenvalue weighted by atomic mass is 9.96. The highest BCUT2D eigenvalue weighted by Gasteiger charge is 2.42. The maximum absolute atomic E-state index is 13.6.